The zero-order valence-electron chi connectivity index (χ0n) is 7.84. The molecule has 1 spiro atoms. The van der Waals surface area contributed by atoms with Crippen molar-refractivity contribution < 1.29 is 5.11 Å². The van der Waals surface area contributed by atoms with Gasteiger partial charge in [0.1, 0.15) is 0 Å². The second kappa shape index (κ2) is 1.89. The Morgan fingerprint density at radius 2 is 1.92 bits per heavy atom. The number of aliphatic hydroxyl groups is 1. The van der Waals surface area contributed by atoms with Gasteiger partial charge in [-0.15, -0.1) is 0 Å². The van der Waals surface area contributed by atoms with Gasteiger partial charge >= 0.3 is 0 Å². The number of fused-ring (bicyclic) bond motifs is 3. The largest absolute Gasteiger partial charge is 0.396 e. The number of aliphatic hydroxyl groups excluding tert-OH is 1. The van der Waals surface area contributed by atoms with Crippen LogP contribution in [0, 0.1) is 22.7 Å². The maximum Gasteiger partial charge on any atom is 0.0492 e. The fraction of sp³-hybridized carbons (Fsp3) is 1.00. The van der Waals surface area contributed by atoms with Crippen molar-refractivity contribution in [3.8, 4) is 0 Å². The Kier molecular flexibility index (Phi) is 1.16. The van der Waals surface area contributed by atoms with Crippen LogP contribution in [0.2, 0.25) is 0 Å². The summed E-state index contributed by atoms with van der Waals surface area (Å²) in [5, 5.41) is 9.52. The van der Waals surface area contributed by atoms with E-state index in [4.69, 9.17) is 0 Å². The van der Waals surface area contributed by atoms with Crippen LogP contribution in [0.25, 0.3) is 0 Å². The molecule has 0 aromatic carbocycles. The third kappa shape index (κ3) is 0.555. The minimum atomic E-state index is 0.315. The first-order chi connectivity index (χ1) is 5.73. The van der Waals surface area contributed by atoms with E-state index in [-0.39, 0.29) is 0 Å². The highest BCUT2D eigenvalue weighted by atomic mass is 16.3. The molecular formula is C11H18O. The van der Waals surface area contributed by atoms with E-state index >= 15 is 0 Å². The molecule has 3 unspecified atom stereocenters. The normalized spacial score (nSPS) is 53.5. The van der Waals surface area contributed by atoms with Crippen molar-refractivity contribution in [2.45, 2.75) is 39.0 Å². The van der Waals surface area contributed by atoms with Gasteiger partial charge in [0.2, 0.25) is 0 Å². The fourth-order valence-electron chi connectivity index (χ4n) is 4.34. The Morgan fingerprint density at radius 1 is 1.25 bits per heavy atom. The first kappa shape index (κ1) is 7.37. The number of hydrogen-bond donors (Lipinski definition) is 1. The van der Waals surface area contributed by atoms with Crippen molar-refractivity contribution in [3.63, 3.8) is 0 Å². The summed E-state index contributed by atoms with van der Waals surface area (Å²) < 4.78 is 0. The monoisotopic (exact) mass is 166 g/mol. The van der Waals surface area contributed by atoms with Crippen LogP contribution in [0.3, 0.4) is 0 Å². The van der Waals surface area contributed by atoms with Crippen LogP contribution in [-0.2, 0) is 0 Å². The standard InChI is InChI=1S/C11H18O/c1-10(7-12)8-2-3-9(6-8)11(10)4-5-11/h8-9,12H,2-7H2,1H3. The second-order valence-corrected chi connectivity index (χ2v) is 5.44. The number of rotatable bonds is 1. The Balaban J connectivity index is 2.02. The van der Waals surface area contributed by atoms with Crippen molar-refractivity contribution >= 4 is 0 Å². The summed E-state index contributed by atoms with van der Waals surface area (Å²) >= 11 is 0. The van der Waals surface area contributed by atoms with Gasteiger partial charge in [-0.25, -0.2) is 0 Å². The molecule has 0 saturated heterocycles. The van der Waals surface area contributed by atoms with Gasteiger partial charge in [-0.1, -0.05) is 6.92 Å². The zero-order valence-corrected chi connectivity index (χ0v) is 7.84. The van der Waals surface area contributed by atoms with Gasteiger partial charge in [0.15, 0.2) is 0 Å². The molecule has 3 aliphatic rings. The first-order valence-corrected chi connectivity index (χ1v) is 5.34. The quantitative estimate of drug-likeness (QED) is 0.633. The van der Waals surface area contributed by atoms with E-state index < -0.39 is 0 Å². The third-order valence-corrected chi connectivity index (χ3v) is 5.37. The Hall–Kier alpha value is -0.0400. The lowest BCUT2D eigenvalue weighted by Crippen LogP contribution is -2.38. The molecule has 0 heterocycles. The van der Waals surface area contributed by atoms with E-state index in [1.807, 2.05) is 0 Å². The number of hydrogen-bond acceptors (Lipinski definition) is 1. The van der Waals surface area contributed by atoms with Crippen LogP contribution in [0.5, 0.6) is 0 Å². The molecule has 0 aliphatic heterocycles. The smallest absolute Gasteiger partial charge is 0.0492 e. The van der Waals surface area contributed by atoms with Crippen LogP contribution in [0.1, 0.15) is 39.0 Å². The van der Waals surface area contributed by atoms with Gasteiger partial charge < -0.3 is 5.11 Å². The lowest BCUT2D eigenvalue weighted by Gasteiger charge is -2.40. The molecule has 2 bridgehead atoms. The van der Waals surface area contributed by atoms with Crippen LogP contribution in [0.15, 0.2) is 0 Å². The lowest BCUT2D eigenvalue weighted by atomic mass is 9.65. The summed E-state index contributed by atoms with van der Waals surface area (Å²) in [6.07, 6.45) is 7.09. The molecule has 3 fully saturated rings. The van der Waals surface area contributed by atoms with E-state index in [1.165, 1.54) is 32.1 Å². The van der Waals surface area contributed by atoms with Crippen molar-refractivity contribution in [1.82, 2.24) is 0 Å². The average Bonchev–Trinajstić information content (AvgIpc) is 2.68. The molecule has 0 aromatic rings. The van der Waals surface area contributed by atoms with Gasteiger partial charge in [-0.3, -0.25) is 0 Å². The van der Waals surface area contributed by atoms with E-state index in [2.05, 4.69) is 6.92 Å². The molecule has 1 nitrogen and oxygen atoms in total. The molecule has 68 valence electrons. The van der Waals surface area contributed by atoms with Crippen molar-refractivity contribution in [1.29, 1.82) is 0 Å². The Morgan fingerprint density at radius 3 is 2.42 bits per heavy atom. The van der Waals surface area contributed by atoms with Crippen LogP contribution in [0.4, 0.5) is 0 Å². The highest BCUT2D eigenvalue weighted by molar-refractivity contribution is 5.18. The van der Waals surface area contributed by atoms with Gasteiger partial charge in [-0.2, -0.15) is 0 Å². The summed E-state index contributed by atoms with van der Waals surface area (Å²) in [5.41, 5.74) is 0.931. The molecule has 0 radical (unpaired) electrons. The Labute approximate surface area is 74.2 Å². The average molecular weight is 166 g/mol. The lowest BCUT2D eigenvalue weighted by molar-refractivity contribution is 0.0126. The summed E-state index contributed by atoms with van der Waals surface area (Å²) in [4.78, 5) is 0. The molecule has 3 rings (SSSR count). The molecule has 0 aromatic heterocycles. The molecule has 1 N–H and O–H groups in total. The molecule has 1 heteroatoms. The summed E-state index contributed by atoms with van der Waals surface area (Å²) in [5.74, 6) is 1.84. The first-order valence-electron chi connectivity index (χ1n) is 5.34. The molecule has 3 aliphatic carbocycles. The third-order valence-electron chi connectivity index (χ3n) is 5.37. The zero-order chi connectivity index (χ0) is 8.40. The highest BCUT2D eigenvalue weighted by Crippen LogP contribution is 2.76. The van der Waals surface area contributed by atoms with Gasteiger partial charge in [0.05, 0.1) is 0 Å². The van der Waals surface area contributed by atoms with E-state index in [0.717, 1.165) is 11.8 Å². The molecule has 0 amide bonds. The fourth-order valence-corrected chi connectivity index (χ4v) is 4.34. The van der Waals surface area contributed by atoms with Crippen LogP contribution < -0.4 is 0 Å². The van der Waals surface area contributed by atoms with Crippen molar-refractivity contribution in [2.75, 3.05) is 6.61 Å². The van der Waals surface area contributed by atoms with Crippen molar-refractivity contribution in [2.24, 2.45) is 22.7 Å². The van der Waals surface area contributed by atoms with Crippen LogP contribution in [-0.4, -0.2) is 11.7 Å². The maximum atomic E-state index is 9.52. The SMILES string of the molecule is CC1(CO)C2CCC(C2)C12CC2. The summed E-state index contributed by atoms with van der Waals surface area (Å²) in [6.45, 7) is 2.78. The van der Waals surface area contributed by atoms with E-state index in [9.17, 15) is 5.11 Å². The topological polar surface area (TPSA) is 20.2 Å². The predicted molar refractivity (Wildman–Crippen MR) is 47.7 cm³/mol. The minimum Gasteiger partial charge on any atom is -0.396 e. The maximum absolute atomic E-state index is 9.52. The van der Waals surface area contributed by atoms with Gasteiger partial charge in [0.25, 0.3) is 0 Å². The van der Waals surface area contributed by atoms with E-state index in [0.29, 0.717) is 17.4 Å². The highest BCUT2D eigenvalue weighted by Gasteiger charge is 2.69. The summed E-state index contributed by atoms with van der Waals surface area (Å²) in [7, 11) is 0. The van der Waals surface area contributed by atoms with Gasteiger partial charge in [0, 0.05) is 6.61 Å². The molecule has 12 heavy (non-hydrogen) atoms. The Bertz CT molecular complexity index is 219. The molecular weight excluding hydrogens is 148 g/mol. The predicted octanol–water partition coefficient (Wildman–Crippen LogP) is 2.20. The van der Waals surface area contributed by atoms with Gasteiger partial charge in [-0.05, 0) is 54.8 Å². The van der Waals surface area contributed by atoms with Crippen LogP contribution >= 0.6 is 0 Å². The van der Waals surface area contributed by atoms with Crippen molar-refractivity contribution in [3.05, 3.63) is 0 Å². The molecule has 3 atom stereocenters. The second-order valence-electron chi connectivity index (χ2n) is 5.44. The van der Waals surface area contributed by atoms with E-state index in [1.54, 1.807) is 0 Å². The summed E-state index contributed by atoms with van der Waals surface area (Å²) in [6, 6.07) is 0. The molecule has 3 saturated carbocycles. The minimum absolute atomic E-state index is 0.315.